The van der Waals surface area contributed by atoms with Gasteiger partial charge in [0.2, 0.25) is 5.91 Å². The summed E-state index contributed by atoms with van der Waals surface area (Å²) in [6, 6.07) is 9.97. The van der Waals surface area contributed by atoms with Crippen molar-refractivity contribution in [2.45, 2.75) is 19.3 Å². The molecule has 1 aliphatic heterocycles. The molecule has 0 saturated carbocycles. The summed E-state index contributed by atoms with van der Waals surface area (Å²) in [7, 11) is 1.67. The molecule has 2 aromatic rings. The van der Waals surface area contributed by atoms with E-state index in [4.69, 9.17) is 4.74 Å². The molecule has 1 amide bonds. The minimum atomic E-state index is 0.179. The number of carbonyl (C=O) groups is 1. The van der Waals surface area contributed by atoms with Crippen LogP contribution < -0.4 is 9.64 Å². The van der Waals surface area contributed by atoms with Crippen molar-refractivity contribution < 1.29 is 9.53 Å². The lowest BCUT2D eigenvalue weighted by Gasteiger charge is -2.29. The molecule has 0 N–H and O–H groups in total. The number of fused-ring (bicyclic) bond motifs is 1. The number of benzene rings is 1. The molecule has 104 valence electrons. The Bertz CT molecular complexity index is 607. The smallest absolute Gasteiger partial charge is 0.232 e. The zero-order valence-corrected chi connectivity index (χ0v) is 12.3. The molecular weight excluding hydrogens is 270 g/mol. The molecule has 1 aliphatic rings. The lowest BCUT2D eigenvalue weighted by Crippen LogP contribution is -2.36. The molecule has 1 aromatic carbocycles. The van der Waals surface area contributed by atoms with Crippen molar-refractivity contribution in [3.8, 4) is 5.75 Å². The molecule has 0 radical (unpaired) electrons. The van der Waals surface area contributed by atoms with Crippen LogP contribution in [0, 0.1) is 0 Å². The van der Waals surface area contributed by atoms with Crippen LogP contribution in [0.4, 0.5) is 5.69 Å². The van der Waals surface area contributed by atoms with E-state index in [2.05, 4.69) is 0 Å². The second-order valence-corrected chi connectivity index (χ2v) is 5.93. The van der Waals surface area contributed by atoms with Crippen molar-refractivity contribution in [1.29, 1.82) is 0 Å². The largest absolute Gasteiger partial charge is 0.497 e. The van der Waals surface area contributed by atoms with Gasteiger partial charge in [0.05, 0.1) is 13.5 Å². The predicted molar refractivity (Wildman–Crippen MR) is 81.7 cm³/mol. The molecule has 2 heterocycles. The fourth-order valence-corrected chi connectivity index (χ4v) is 3.31. The van der Waals surface area contributed by atoms with Crippen LogP contribution in [0.2, 0.25) is 0 Å². The van der Waals surface area contributed by atoms with Gasteiger partial charge in [-0.3, -0.25) is 4.79 Å². The highest BCUT2D eigenvalue weighted by molar-refractivity contribution is 7.10. The van der Waals surface area contributed by atoms with Gasteiger partial charge in [-0.15, -0.1) is 11.3 Å². The third-order valence-corrected chi connectivity index (χ3v) is 4.49. The zero-order chi connectivity index (χ0) is 13.9. The van der Waals surface area contributed by atoms with Gasteiger partial charge in [-0.05, 0) is 48.1 Å². The zero-order valence-electron chi connectivity index (χ0n) is 11.5. The van der Waals surface area contributed by atoms with Crippen LogP contribution in [0.3, 0.4) is 0 Å². The molecule has 0 spiro atoms. The van der Waals surface area contributed by atoms with Gasteiger partial charge in [0.15, 0.2) is 0 Å². The first-order valence-electron chi connectivity index (χ1n) is 6.77. The standard InChI is InChI=1S/C16H17NO2S/c1-19-13-6-7-15-12(10-13)4-2-8-17(15)16(18)11-14-5-3-9-20-14/h3,5-7,9-10H,2,4,8,11H2,1H3. The van der Waals surface area contributed by atoms with E-state index in [0.717, 1.165) is 35.7 Å². The van der Waals surface area contributed by atoms with Crippen molar-refractivity contribution in [3.05, 3.63) is 46.2 Å². The minimum Gasteiger partial charge on any atom is -0.497 e. The number of hydrogen-bond acceptors (Lipinski definition) is 3. The topological polar surface area (TPSA) is 29.5 Å². The van der Waals surface area contributed by atoms with E-state index in [1.165, 1.54) is 5.56 Å². The third kappa shape index (κ3) is 2.56. The predicted octanol–water partition coefficient (Wildman–Crippen LogP) is 3.28. The molecule has 20 heavy (non-hydrogen) atoms. The van der Waals surface area contributed by atoms with E-state index in [-0.39, 0.29) is 5.91 Å². The van der Waals surface area contributed by atoms with E-state index in [9.17, 15) is 4.79 Å². The number of amides is 1. The number of aryl methyl sites for hydroxylation is 1. The van der Waals surface area contributed by atoms with E-state index in [0.29, 0.717) is 6.42 Å². The number of hydrogen-bond donors (Lipinski definition) is 0. The average Bonchev–Trinajstić information content (AvgIpc) is 2.98. The van der Waals surface area contributed by atoms with E-state index < -0.39 is 0 Å². The van der Waals surface area contributed by atoms with Crippen molar-refractivity contribution in [2.24, 2.45) is 0 Å². The van der Waals surface area contributed by atoms with Gasteiger partial charge >= 0.3 is 0 Å². The molecule has 3 nitrogen and oxygen atoms in total. The van der Waals surface area contributed by atoms with Crippen molar-refractivity contribution in [3.63, 3.8) is 0 Å². The summed E-state index contributed by atoms with van der Waals surface area (Å²) in [5, 5.41) is 2.01. The lowest BCUT2D eigenvalue weighted by atomic mass is 10.0. The Morgan fingerprint density at radius 1 is 1.40 bits per heavy atom. The Morgan fingerprint density at radius 2 is 2.30 bits per heavy atom. The van der Waals surface area contributed by atoms with Gasteiger partial charge in [0, 0.05) is 17.1 Å². The molecule has 0 aliphatic carbocycles. The van der Waals surface area contributed by atoms with Gasteiger partial charge in [0.25, 0.3) is 0 Å². The fraction of sp³-hybridized carbons (Fsp3) is 0.312. The van der Waals surface area contributed by atoms with Crippen molar-refractivity contribution in [2.75, 3.05) is 18.6 Å². The normalized spacial score (nSPS) is 13.9. The average molecular weight is 287 g/mol. The molecule has 0 atom stereocenters. The van der Waals surface area contributed by atoms with Crippen LogP contribution in [-0.4, -0.2) is 19.6 Å². The highest BCUT2D eigenvalue weighted by Crippen LogP contribution is 2.31. The maximum atomic E-state index is 12.5. The molecule has 0 saturated heterocycles. The Kier molecular flexibility index (Phi) is 3.74. The summed E-state index contributed by atoms with van der Waals surface area (Å²) in [5.41, 5.74) is 2.24. The first-order chi connectivity index (χ1) is 9.78. The maximum absolute atomic E-state index is 12.5. The van der Waals surface area contributed by atoms with Crippen molar-refractivity contribution >= 4 is 22.9 Å². The van der Waals surface area contributed by atoms with Gasteiger partial charge in [-0.25, -0.2) is 0 Å². The molecule has 0 unspecified atom stereocenters. The first-order valence-corrected chi connectivity index (χ1v) is 7.65. The van der Waals surface area contributed by atoms with Crippen LogP contribution in [0.15, 0.2) is 35.7 Å². The number of ether oxygens (including phenoxy) is 1. The van der Waals surface area contributed by atoms with Gasteiger partial charge in [0.1, 0.15) is 5.75 Å². The molecular formula is C16H17NO2S. The number of rotatable bonds is 3. The van der Waals surface area contributed by atoms with Crippen molar-refractivity contribution in [1.82, 2.24) is 0 Å². The highest BCUT2D eigenvalue weighted by atomic mass is 32.1. The SMILES string of the molecule is COc1ccc2c(c1)CCCN2C(=O)Cc1cccs1. The summed E-state index contributed by atoms with van der Waals surface area (Å²) < 4.78 is 5.26. The summed E-state index contributed by atoms with van der Waals surface area (Å²) >= 11 is 1.64. The fourth-order valence-electron chi connectivity index (χ4n) is 2.62. The Labute approximate surface area is 122 Å². The number of anilines is 1. The highest BCUT2D eigenvalue weighted by Gasteiger charge is 2.23. The number of nitrogens with zero attached hydrogens (tertiary/aromatic N) is 1. The molecule has 4 heteroatoms. The van der Waals surface area contributed by atoms with E-state index in [1.54, 1.807) is 18.4 Å². The minimum absolute atomic E-state index is 0.179. The number of methoxy groups -OCH3 is 1. The van der Waals surface area contributed by atoms with Crippen LogP contribution >= 0.6 is 11.3 Å². The second kappa shape index (κ2) is 5.67. The third-order valence-electron chi connectivity index (χ3n) is 3.61. The Balaban J connectivity index is 1.84. The maximum Gasteiger partial charge on any atom is 0.232 e. The molecule has 1 aromatic heterocycles. The van der Waals surface area contributed by atoms with Gasteiger partial charge in [-0.1, -0.05) is 6.07 Å². The first kappa shape index (κ1) is 13.2. The summed E-state index contributed by atoms with van der Waals surface area (Å²) in [6.07, 6.45) is 2.51. The van der Waals surface area contributed by atoms with Gasteiger partial charge in [-0.2, -0.15) is 0 Å². The molecule has 0 fully saturated rings. The van der Waals surface area contributed by atoms with E-state index in [1.807, 2.05) is 40.6 Å². The lowest BCUT2D eigenvalue weighted by molar-refractivity contribution is -0.118. The monoisotopic (exact) mass is 287 g/mol. The van der Waals surface area contributed by atoms with E-state index >= 15 is 0 Å². The number of carbonyl (C=O) groups excluding carboxylic acids is 1. The second-order valence-electron chi connectivity index (χ2n) is 4.90. The Morgan fingerprint density at radius 3 is 3.05 bits per heavy atom. The summed E-state index contributed by atoms with van der Waals surface area (Å²) in [6.45, 7) is 0.809. The molecule has 3 rings (SSSR count). The quantitative estimate of drug-likeness (QED) is 0.867. The summed E-state index contributed by atoms with van der Waals surface area (Å²) in [5.74, 6) is 1.04. The van der Waals surface area contributed by atoms with Crippen LogP contribution in [0.1, 0.15) is 16.9 Å². The Hall–Kier alpha value is -1.81. The van der Waals surface area contributed by atoms with Crippen LogP contribution in [-0.2, 0) is 17.6 Å². The van der Waals surface area contributed by atoms with Gasteiger partial charge < -0.3 is 9.64 Å². The van der Waals surface area contributed by atoms with Crippen LogP contribution in [0.5, 0.6) is 5.75 Å². The summed E-state index contributed by atoms with van der Waals surface area (Å²) in [4.78, 5) is 15.5. The van der Waals surface area contributed by atoms with Crippen LogP contribution in [0.25, 0.3) is 0 Å². The molecule has 0 bridgehead atoms. The number of thiophene rings is 1.